The van der Waals surface area contributed by atoms with Gasteiger partial charge in [0, 0.05) is 29.4 Å². The summed E-state index contributed by atoms with van der Waals surface area (Å²) < 4.78 is 10.8. The summed E-state index contributed by atoms with van der Waals surface area (Å²) >= 11 is 0. The summed E-state index contributed by atoms with van der Waals surface area (Å²) in [4.78, 5) is 22.6. The van der Waals surface area contributed by atoms with Gasteiger partial charge in [-0.25, -0.2) is 4.79 Å². The second kappa shape index (κ2) is 6.47. The van der Waals surface area contributed by atoms with Crippen LogP contribution in [0.1, 0.15) is 25.0 Å². The van der Waals surface area contributed by atoms with Crippen LogP contribution in [0.3, 0.4) is 0 Å². The topological polar surface area (TPSA) is 79.6 Å². The van der Waals surface area contributed by atoms with E-state index in [1.54, 1.807) is 25.1 Å². The maximum absolute atomic E-state index is 11.9. The molecule has 0 aliphatic heterocycles. The molecule has 1 aromatic carbocycles. The lowest BCUT2D eigenvalue weighted by Crippen LogP contribution is -2.27. The minimum Gasteiger partial charge on any atom is -0.550 e. The molecule has 1 heterocycles. The number of benzene rings is 1. The SMILES string of the molecule is CC(C)=CCOc1ccc2c(C)c(CC(=O)[O-])c(=O)oc2c1. The molecule has 0 atom stereocenters. The van der Waals surface area contributed by atoms with E-state index in [4.69, 9.17) is 9.15 Å². The van der Waals surface area contributed by atoms with Gasteiger partial charge in [-0.3, -0.25) is 0 Å². The fraction of sp³-hybridized carbons (Fsp3) is 0.294. The maximum atomic E-state index is 11.9. The minimum absolute atomic E-state index is 0.116. The number of rotatable bonds is 5. The summed E-state index contributed by atoms with van der Waals surface area (Å²) in [6.07, 6.45) is 1.48. The molecule has 0 N–H and O–H groups in total. The van der Waals surface area contributed by atoms with Crippen LogP contribution in [0, 0.1) is 6.92 Å². The minimum atomic E-state index is -1.31. The van der Waals surface area contributed by atoms with Gasteiger partial charge in [0.05, 0.1) is 0 Å². The fourth-order valence-electron chi connectivity index (χ4n) is 2.12. The van der Waals surface area contributed by atoms with Crippen LogP contribution in [0.5, 0.6) is 5.75 Å². The van der Waals surface area contributed by atoms with E-state index in [9.17, 15) is 14.7 Å². The van der Waals surface area contributed by atoms with Crippen molar-refractivity contribution in [1.29, 1.82) is 0 Å². The van der Waals surface area contributed by atoms with Gasteiger partial charge in [-0.15, -0.1) is 0 Å². The van der Waals surface area contributed by atoms with E-state index in [-0.39, 0.29) is 5.56 Å². The molecular formula is C17H17O5-. The first-order valence-electron chi connectivity index (χ1n) is 6.91. The zero-order valence-corrected chi connectivity index (χ0v) is 12.8. The molecule has 5 nitrogen and oxygen atoms in total. The first-order chi connectivity index (χ1) is 10.4. The summed E-state index contributed by atoms with van der Waals surface area (Å²) in [6.45, 7) is 6.08. The van der Waals surface area contributed by atoms with E-state index in [0.717, 1.165) is 5.57 Å². The van der Waals surface area contributed by atoms with E-state index in [1.165, 1.54) is 0 Å². The zero-order chi connectivity index (χ0) is 16.3. The van der Waals surface area contributed by atoms with Gasteiger partial charge in [0.2, 0.25) is 0 Å². The Bertz CT molecular complexity index is 795. The van der Waals surface area contributed by atoms with Gasteiger partial charge in [-0.1, -0.05) is 5.57 Å². The summed E-state index contributed by atoms with van der Waals surface area (Å²) in [5.41, 5.74) is 1.57. The monoisotopic (exact) mass is 301 g/mol. The summed E-state index contributed by atoms with van der Waals surface area (Å²) in [5, 5.41) is 11.4. The van der Waals surface area contributed by atoms with E-state index in [0.29, 0.717) is 28.9 Å². The standard InChI is InChI=1S/C17H18O5/c1-10(2)6-7-21-12-4-5-13-11(3)14(9-16(18)19)17(20)22-15(13)8-12/h4-6,8H,7,9H2,1-3H3,(H,18,19)/p-1. The molecule has 0 saturated heterocycles. The predicted octanol–water partition coefficient (Wildman–Crippen LogP) is 1.74. The van der Waals surface area contributed by atoms with Crippen LogP contribution < -0.4 is 15.5 Å². The van der Waals surface area contributed by atoms with E-state index in [2.05, 4.69) is 0 Å². The van der Waals surface area contributed by atoms with E-state index >= 15 is 0 Å². The Balaban J connectivity index is 2.40. The average Bonchev–Trinajstić information content (AvgIpc) is 2.42. The van der Waals surface area contributed by atoms with Gasteiger partial charge in [0.15, 0.2) is 0 Å². The Morgan fingerprint density at radius 3 is 2.73 bits per heavy atom. The highest BCUT2D eigenvalue weighted by Gasteiger charge is 2.12. The van der Waals surface area contributed by atoms with Crippen molar-refractivity contribution in [2.75, 3.05) is 6.61 Å². The lowest BCUT2D eigenvalue weighted by molar-refractivity contribution is -0.304. The second-order valence-corrected chi connectivity index (χ2v) is 5.29. The predicted molar refractivity (Wildman–Crippen MR) is 80.9 cm³/mol. The van der Waals surface area contributed by atoms with Gasteiger partial charge in [-0.2, -0.15) is 0 Å². The number of hydrogen-bond acceptors (Lipinski definition) is 5. The van der Waals surface area contributed by atoms with Crippen LogP contribution >= 0.6 is 0 Å². The number of hydrogen-bond donors (Lipinski definition) is 0. The number of carboxylic acid groups (broad SMARTS) is 1. The van der Waals surface area contributed by atoms with Gasteiger partial charge >= 0.3 is 5.63 Å². The van der Waals surface area contributed by atoms with Crippen LogP contribution in [0.25, 0.3) is 11.0 Å². The number of aliphatic carboxylic acids is 1. The highest BCUT2D eigenvalue weighted by atomic mass is 16.5. The first-order valence-corrected chi connectivity index (χ1v) is 6.91. The van der Waals surface area contributed by atoms with Crippen LogP contribution in [-0.2, 0) is 11.2 Å². The Morgan fingerprint density at radius 2 is 2.09 bits per heavy atom. The molecule has 22 heavy (non-hydrogen) atoms. The molecule has 2 aromatic rings. The van der Waals surface area contributed by atoms with Gasteiger partial charge in [-0.05, 0) is 44.5 Å². The molecule has 0 aliphatic carbocycles. The van der Waals surface area contributed by atoms with E-state index in [1.807, 2.05) is 19.9 Å². The number of ether oxygens (including phenoxy) is 1. The Hall–Kier alpha value is -2.56. The maximum Gasteiger partial charge on any atom is 0.340 e. The quantitative estimate of drug-likeness (QED) is 0.621. The summed E-state index contributed by atoms with van der Waals surface area (Å²) in [7, 11) is 0. The molecule has 116 valence electrons. The number of fused-ring (bicyclic) bond motifs is 1. The molecule has 2 rings (SSSR count). The van der Waals surface area contributed by atoms with Gasteiger partial charge in [0.1, 0.15) is 17.9 Å². The number of carbonyl (C=O) groups is 1. The third-order valence-corrected chi connectivity index (χ3v) is 3.32. The second-order valence-electron chi connectivity index (χ2n) is 5.29. The molecule has 0 aliphatic rings. The molecule has 0 unspecified atom stereocenters. The lowest BCUT2D eigenvalue weighted by atomic mass is 10.0. The molecule has 0 saturated carbocycles. The van der Waals surface area contributed by atoms with Crippen LogP contribution in [0.15, 0.2) is 39.1 Å². The Labute approximate surface area is 127 Å². The summed E-state index contributed by atoms with van der Waals surface area (Å²) in [5.74, 6) is -0.725. The molecule has 0 radical (unpaired) electrons. The molecule has 5 heteroatoms. The number of allylic oxidation sites excluding steroid dienone is 1. The number of aryl methyl sites for hydroxylation is 1. The zero-order valence-electron chi connectivity index (χ0n) is 12.8. The average molecular weight is 301 g/mol. The highest BCUT2D eigenvalue weighted by Crippen LogP contribution is 2.24. The molecule has 0 amide bonds. The highest BCUT2D eigenvalue weighted by molar-refractivity contribution is 5.83. The van der Waals surface area contributed by atoms with E-state index < -0.39 is 18.0 Å². The lowest BCUT2D eigenvalue weighted by Gasteiger charge is -2.10. The fourth-order valence-corrected chi connectivity index (χ4v) is 2.12. The van der Waals surface area contributed by atoms with Crippen LogP contribution in [0.2, 0.25) is 0 Å². The van der Waals surface area contributed by atoms with Crippen molar-refractivity contribution in [1.82, 2.24) is 0 Å². The van der Waals surface area contributed by atoms with Gasteiger partial charge < -0.3 is 19.1 Å². The first kappa shape index (κ1) is 15.8. The Morgan fingerprint density at radius 1 is 1.36 bits per heavy atom. The molecule has 0 bridgehead atoms. The van der Waals surface area contributed by atoms with Crippen molar-refractivity contribution in [3.63, 3.8) is 0 Å². The van der Waals surface area contributed by atoms with Crippen molar-refractivity contribution in [2.24, 2.45) is 0 Å². The van der Waals surface area contributed by atoms with Crippen molar-refractivity contribution in [2.45, 2.75) is 27.2 Å². The van der Waals surface area contributed by atoms with Crippen LogP contribution in [-0.4, -0.2) is 12.6 Å². The van der Waals surface area contributed by atoms with Gasteiger partial charge in [0.25, 0.3) is 0 Å². The molecule has 0 fully saturated rings. The van der Waals surface area contributed by atoms with Crippen LogP contribution in [0.4, 0.5) is 0 Å². The number of carboxylic acids is 1. The third-order valence-electron chi connectivity index (χ3n) is 3.32. The van der Waals surface area contributed by atoms with Crippen molar-refractivity contribution < 1.29 is 19.1 Å². The summed E-state index contributed by atoms with van der Waals surface area (Å²) in [6, 6.07) is 5.15. The van der Waals surface area contributed by atoms with Crippen molar-refractivity contribution in [3.05, 3.63) is 51.4 Å². The third kappa shape index (κ3) is 3.55. The smallest absolute Gasteiger partial charge is 0.340 e. The number of carbonyl (C=O) groups excluding carboxylic acids is 1. The van der Waals surface area contributed by atoms with Crippen molar-refractivity contribution in [3.8, 4) is 5.75 Å². The molecule has 0 spiro atoms. The largest absolute Gasteiger partial charge is 0.550 e. The molecular weight excluding hydrogens is 284 g/mol. The van der Waals surface area contributed by atoms with Crippen molar-refractivity contribution >= 4 is 16.9 Å². The normalized spacial score (nSPS) is 10.5. The molecule has 1 aromatic heterocycles. The Kier molecular flexibility index (Phi) is 4.65.